The second-order valence-corrected chi connectivity index (χ2v) is 3.22. The Hall–Kier alpha value is -1.12. The van der Waals surface area contributed by atoms with Crippen molar-refractivity contribution in [1.29, 1.82) is 0 Å². The fourth-order valence-electron chi connectivity index (χ4n) is 1.59. The van der Waals surface area contributed by atoms with Crippen LogP contribution in [-0.2, 0) is 9.59 Å². The Bertz CT molecular complexity index is 279. The van der Waals surface area contributed by atoms with Crippen LogP contribution in [0.25, 0.3) is 0 Å². The van der Waals surface area contributed by atoms with Gasteiger partial charge in [-0.3, -0.25) is 14.5 Å². The molecule has 1 aliphatic heterocycles. The van der Waals surface area contributed by atoms with Gasteiger partial charge in [0.15, 0.2) is 0 Å². The predicted molar refractivity (Wildman–Crippen MR) is 50.0 cm³/mol. The van der Waals surface area contributed by atoms with E-state index in [4.69, 9.17) is 0 Å². The topological polar surface area (TPSA) is 37.4 Å². The zero-order valence-electron chi connectivity index (χ0n) is 8.39. The van der Waals surface area contributed by atoms with Crippen LogP contribution in [0.1, 0.15) is 33.6 Å². The number of carbonyl (C=O) groups is 2. The Labute approximate surface area is 78.4 Å². The van der Waals surface area contributed by atoms with Gasteiger partial charge < -0.3 is 0 Å². The van der Waals surface area contributed by atoms with E-state index in [2.05, 4.69) is 0 Å². The van der Waals surface area contributed by atoms with Crippen molar-refractivity contribution < 1.29 is 9.59 Å². The third-order valence-corrected chi connectivity index (χ3v) is 2.32. The van der Waals surface area contributed by atoms with E-state index in [-0.39, 0.29) is 11.8 Å². The van der Waals surface area contributed by atoms with Gasteiger partial charge in [0.05, 0.1) is 0 Å². The molecule has 72 valence electrons. The monoisotopic (exact) mass is 181 g/mol. The van der Waals surface area contributed by atoms with Gasteiger partial charge in [-0.1, -0.05) is 13.8 Å². The van der Waals surface area contributed by atoms with Gasteiger partial charge in [0, 0.05) is 17.7 Å². The average Bonchev–Trinajstić information content (AvgIpc) is 2.31. The molecular formula is C10H15NO2. The molecule has 0 radical (unpaired) electrons. The highest BCUT2D eigenvalue weighted by Crippen LogP contribution is 2.22. The molecule has 0 bridgehead atoms. The second-order valence-electron chi connectivity index (χ2n) is 3.22. The maximum Gasteiger partial charge on any atom is 0.257 e. The van der Waals surface area contributed by atoms with E-state index < -0.39 is 0 Å². The summed E-state index contributed by atoms with van der Waals surface area (Å²) in [5, 5.41) is 0. The van der Waals surface area contributed by atoms with Crippen molar-refractivity contribution in [2.75, 3.05) is 6.54 Å². The summed E-state index contributed by atoms with van der Waals surface area (Å²) in [6.45, 7) is 6.13. The van der Waals surface area contributed by atoms with Gasteiger partial charge in [-0.15, -0.1) is 0 Å². The quantitative estimate of drug-likeness (QED) is 0.618. The van der Waals surface area contributed by atoms with Crippen LogP contribution < -0.4 is 0 Å². The summed E-state index contributed by atoms with van der Waals surface area (Å²) in [5.41, 5.74) is 1.31. The summed E-state index contributed by atoms with van der Waals surface area (Å²) in [7, 11) is 0. The molecular weight excluding hydrogens is 166 g/mol. The second kappa shape index (κ2) is 3.73. The summed E-state index contributed by atoms with van der Waals surface area (Å²) in [5.74, 6) is -0.199. The lowest BCUT2D eigenvalue weighted by atomic mass is 10.1. The van der Waals surface area contributed by atoms with E-state index in [1.807, 2.05) is 13.8 Å². The van der Waals surface area contributed by atoms with Gasteiger partial charge in [0.1, 0.15) is 0 Å². The molecule has 0 saturated carbocycles. The standard InChI is InChI=1S/C10H15NO2/c1-4-6-11-9(12)7(3)8(5-2)10(11)13/h4-6H2,1-3H3. The first-order valence-electron chi connectivity index (χ1n) is 4.69. The summed E-state index contributed by atoms with van der Waals surface area (Å²) >= 11 is 0. The highest BCUT2D eigenvalue weighted by atomic mass is 16.2. The Kier molecular flexibility index (Phi) is 2.86. The Morgan fingerprint density at radius 1 is 1.15 bits per heavy atom. The molecule has 0 unspecified atom stereocenters. The van der Waals surface area contributed by atoms with E-state index >= 15 is 0 Å². The number of hydrogen-bond donors (Lipinski definition) is 0. The van der Waals surface area contributed by atoms with E-state index in [1.54, 1.807) is 6.92 Å². The molecule has 13 heavy (non-hydrogen) atoms. The molecule has 0 aromatic carbocycles. The fraction of sp³-hybridized carbons (Fsp3) is 0.600. The minimum Gasteiger partial charge on any atom is -0.275 e. The molecule has 1 heterocycles. The van der Waals surface area contributed by atoms with Gasteiger partial charge in [-0.05, 0) is 19.8 Å². The van der Waals surface area contributed by atoms with Gasteiger partial charge in [0.25, 0.3) is 11.8 Å². The summed E-state index contributed by atoms with van der Waals surface area (Å²) in [6, 6.07) is 0. The lowest BCUT2D eigenvalue weighted by Crippen LogP contribution is -2.32. The summed E-state index contributed by atoms with van der Waals surface area (Å²) in [4.78, 5) is 24.5. The maximum absolute atomic E-state index is 11.6. The minimum atomic E-state index is -0.108. The van der Waals surface area contributed by atoms with Crippen molar-refractivity contribution in [3.8, 4) is 0 Å². The van der Waals surface area contributed by atoms with Gasteiger partial charge in [-0.2, -0.15) is 0 Å². The normalized spacial score (nSPS) is 17.6. The van der Waals surface area contributed by atoms with Crippen molar-refractivity contribution >= 4 is 11.8 Å². The van der Waals surface area contributed by atoms with Gasteiger partial charge >= 0.3 is 0 Å². The van der Waals surface area contributed by atoms with Crippen LogP contribution in [0.2, 0.25) is 0 Å². The lowest BCUT2D eigenvalue weighted by Gasteiger charge is -2.12. The van der Waals surface area contributed by atoms with Crippen LogP contribution in [0.3, 0.4) is 0 Å². The summed E-state index contributed by atoms with van der Waals surface area (Å²) in [6.07, 6.45) is 1.47. The molecule has 2 amide bonds. The minimum absolute atomic E-state index is 0.0909. The highest BCUT2D eigenvalue weighted by Gasteiger charge is 2.33. The van der Waals surface area contributed by atoms with E-state index in [0.717, 1.165) is 6.42 Å². The smallest absolute Gasteiger partial charge is 0.257 e. The van der Waals surface area contributed by atoms with Crippen LogP contribution in [0.4, 0.5) is 0 Å². The number of imide groups is 1. The van der Waals surface area contributed by atoms with Crippen molar-refractivity contribution in [3.63, 3.8) is 0 Å². The van der Waals surface area contributed by atoms with Gasteiger partial charge in [0.2, 0.25) is 0 Å². The third-order valence-electron chi connectivity index (χ3n) is 2.32. The predicted octanol–water partition coefficient (Wildman–Crippen LogP) is 1.49. The molecule has 3 nitrogen and oxygen atoms in total. The maximum atomic E-state index is 11.6. The molecule has 3 heteroatoms. The molecule has 0 aromatic rings. The molecule has 0 aliphatic carbocycles. The van der Waals surface area contributed by atoms with Crippen molar-refractivity contribution in [1.82, 2.24) is 4.90 Å². The first kappa shape index (κ1) is 9.96. The number of amides is 2. The largest absolute Gasteiger partial charge is 0.275 e. The SMILES string of the molecule is CCCN1C(=O)C(C)=C(CC)C1=O. The molecule has 0 spiro atoms. The Morgan fingerprint density at radius 3 is 2.15 bits per heavy atom. The number of rotatable bonds is 3. The highest BCUT2D eigenvalue weighted by molar-refractivity contribution is 6.18. The summed E-state index contributed by atoms with van der Waals surface area (Å²) < 4.78 is 0. The molecule has 0 fully saturated rings. The molecule has 0 aromatic heterocycles. The molecule has 1 rings (SSSR count). The fourth-order valence-corrected chi connectivity index (χ4v) is 1.59. The van der Waals surface area contributed by atoms with Crippen LogP contribution >= 0.6 is 0 Å². The number of carbonyl (C=O) groups excluding carboxylic acids is 2. The zero-order chi connectivity index (χ0) is 10.0. The first-order chi connectivity index (χ1) is 6.13. The molecule has 0 saturated heterocycles. The van der Waals surface area contributed by atoms with Crippen molar-refractivity contribution in [2.45, 2.75) is 33.6 Å². The van der Waals surface area contributed by atoms with Crippen molar-refractivity contribution in [2.24, 2.45) is 0 Å². The van der Waals surface area contributed by atoms with Crippen molar-refractivity contribution in [3.05, 3.63) is 11.1 Å². The average molecular weight is 181 g/mol. The van der Waals surface area contributed by atoms with Crippen LogP contribution in [0.5, 0.6) is 0 Å². The Balaban J connectivity index is 2.91. The third kappa shape index (κ3) is 1.50. The van der Waals surface area contributed by atoms with E-state index in [0.29, 0.717) is 24.1 Å². The number of hydrogen-bond acceptors (Lipinski definition) is 2. The van der Waals surface area contributed by atoms with E-state index in [1.165, 1.54) is 4.90 Å². The van der Waals surface area contributed by atoms with Gasteiger partial charge in [-0.25, -0.2) is 0 Å². The molecule has 1 aliphatic rings. The van der Waals surface area contributed by atoms with E-state index in [9.17, 15) is 9.59 Å². The van der Waals surface area contributed by atoms with Crippen LogP contribution in [0, 0.1) is 0 Å². The van der Waals surface area contributed by atoms with Crippen LogP contribution in [-0.4, -0.2) is 23.3 Å². The molecule has 0 N–H and O–H groups in total. The zero-order valence-corrected chi connectivity index (χ0v) is 8.39. The first-order valence-corrected chi connectivity index (χ1v) is 4.69. The van der Waals surface area contributed by atoms with Crippen LogP contribution in [0.15, 0.2) is 11.1 Å². The molecule has 0 atom stereocenters. The Morgan fingerprint density at radius 2 is 1.77 bits per heavy atom. The number of nitrogens with zero attached hydrogens (tertiary/aromatic N) is 1. The lowest BCUT2D eigenvalue weighted by molar-refractivity contribution is -0.137.